The number of nitrogens with zero attached hydrogens (tertiary/aromatic N) is 2. The molecule has 32 heavy (non-hydrogen) atoms. The van der Waals surface area contributed by atoms with Crippen molar-refractivity contribution in [1.82, 2.24) is 9.55 Å². The summed E-state index contributed by atoms with van der Waals surface area (Å²) in [4.78, 5) is 30.8. The van der Waals surface area contributed by atoms with E-state index >= 15 is 0 Å². The van der Waals surface area contributed by atoms with Gasteiger partial charge in [-0.3, -0.25) is 14.2 Å². The molecule has 1 amide bonds. The molecular formula is C25H22ClN3O2S. The summed E-state index contributed by atoms with van der Waals surface area (Å²) in [6, 6.07) is 20.2. The number of fused-ring (bicyclic) bond motifs is 1. The van der Waals surface area contributed by atoms with Gasteiger partial charge in [0.1, 0.15) is 0 Å². The van der Waals surface area contributed by atoms with Crippen molar-refractivity contribution in [3.8, 4) is 5.69 Å². The van der Waals surface area contributed by atoms with E-state index in [0.29, 0.717) is 26.8 Å². The third kappa shape index (κ3) is 4.42. The molecule has 0 bridgehead atoms. The number of carbonyl (C=O) groups excluding carboxylic acids is 1. The summed E-state index contributed by atoms with van der Waals surface area (Å²) in [5, 5.41) is 4.37. The van der Waals surface area contributed by atoms with Gasteiger partial charge in [0.2, 0.25) is 5.91 Å². The lowest BCUT2D eigenvalue weighted by Crippen LogP contribution is -2.23. The minimum atomic E-state index is -0.223. The van der Waals surface area contributed by atoms with Gasteiger partial charge in [0.25, 0.3) is 5.56 Å². The van der Waals surface area contributed by atoms with E-state index in [1.807, 2.05) is 37.3 Å². The molecule has 0 radical (unpaired) electrons. The molecule has 1 aromatic heterocycles. The van der Waals surface area contributed by atoms with E-state index < -0.39 is 0 Å². The lowest BCUT2D eigenvalue weighted by atomic mass is 10.1. The molecule has 0 aliphatic carbocycles. The maximum atomic E-state index is 13.3. The zero-order chi connectivity index (χ0) is 22.7. The van der Waals surface area contributed by atoms with Gasteiger partial charge in [0.15, 0.2) is 5.16 Å². The van der Waals surface area contributed by atoms with Gasteiger partial charge in [0.05, 0.1) is 27.4 Å². The highest BCUT2D eigenvalue weighted by molar-refractivity contribution is 7.99. The molecule has 7 heteroatoms. The van der Waals surface area contributed by atoms with Crippen LogP contribution in [0.5, 0.6) is 0 Å². The van der Waals surface area contributed by atoms with Gasteiger partial charge >= 0.3 is 0 Å². The van der Waals surface area contributed by atoms with Crippen LogP contribution < -0.4 is 10.9 Å². The second kappa shape index (κ2) is 9.59. The van der Waals surface area contributed by atoms with Crippen LogP contribution in [0.3, 0.4) is 0 Å². The van der Waals surface area contributed by atoms with Crippen molar-refractivity contribution in [3.63, 3.8) is 0 Å². The summed E-state index contributed by atoms with van der Waals surface area (Å²) in [5.41, 5.74) is 3.83. The summed E-state index contributed by atoms with van der Waals surface area (Å²) < 4.78 is 1.48. The van der Waals surface area contributed by atoms with Crippen LogP contribution in [0.25, 0.3) is 16.6 Å². The largest absolute Gasteiger partial charge is 0.325 e. The Morgan fingerprint density at radius 1 is 1.06 bits per heavy atom. The summed E-state index contributed by atoms with van der Waals surface area (Å²) in [7, 11) is 0. The second-order valence-corrected chi connectivity index (χ2v) is 8.65. The molecule has 0 aliphatic rings. The molecule has 4 rings (SSSR count). The highest BCUT2D eigenvalue weighted by Crippen LogP contribution is 2.26. The van der Waals surface area contributed by atoms with Gasteiger partial charge in [-0.1, -0.05) is 72.8 Å². The Balaban J connectivity index is 1.69. The molecule has 3 aromatic carbocycles. The fourth-order valence-corrected chi connectivity index (χ4v) is 4.59. The average molecular weight is 464 g/mol. The van der Waals surface area contributed by atoms with E-state index in [9.17, 15) is 9.59 Å². The number of aromatic nitrogens is 2. The zero-order valence-corrected chi connectivity index (χ0v) is 19.3. The van der Waals surface area contributed by atoms with E-state index in [4.69, 9.17) is 11.6 Å². The van der Waals surface area contributed by atoms with Crippen molar-refractivity contribution in [3.05, 3.63) is 93.2 Å². The van der Waals surface area contributed by atoms with Crippen LogP contribution in [-0.4, -0.2) is 21.2 Å². The molecule has 0 saturated heterocycles. The van der Waals surface area contributed by atoms with E-state index in [-0.39, 0.29) is 17.2 Å². The topological polar surface area (TPSA) is 64.0 Å². The number of thioether (sulfide) groups is 1. The molecule has 0 atom stereocenters. The molecule has 0 unspecified atom stereocenters. The number of amides is 1. The number of para-hydroxylation sites is 3. The van der Waals surface area contributed by atoms with Crippen LogP contribution in [0.4, 0.5) is 5.69 Å². The Labute approximate surface area is 195 Å². The monoisotopic (exact) mass is 463 g/mol. The van der Waals surface area contributed by atoms with Crippen molar-refractivity contribution in [2.75, 3.05) is 11.1 Å². The number of hydrogen-bond acceptors (Lipinski definition) is 4. The molecule has 162 valence electrons. The van der Waals surface area contributed by atoms with Gasteiger partial charge in [-0.05, 0) is 48.7 Å². The predicted molar refractivity (Wildman–Crippen MR) is 132 cm³/mol. The summed E-state index contributed by atoms with van der Waals surface area (Å²) in [5.74, 6) is -0.0562. The van der Waals surface area contributed by atoms with E-state index in [1.165, 1.54) is 16.3 Å². The quantitative estimate of drug-likeness (QED) is 0.297. The lowest BCUT2D eigenvalue weighted by Gasteiger charge is -2.15. The maximum absolute atomic E-state index is 13.3. The normalized spacial score (nSPS) is 11.0. The van der Waals surface area contributed by atoms with Crippen molar-refractivity contribution in [2.24, 2.45) is 0 Å². The van der Waals surface area contributed by atoms with Crippen LogP contribution >= 0.6 is 23.4 Å². The standard InChI is InChI=1S/C25H22ClN3O2S/c1-3-17-10-8-9-16(2)23(17)28-22(30)15-32-25-27-20-13-6-4-11-18(20)24(31)29(25)21-14-7-5-12-19(21)26/h4-14H,3,15H2,1-2H3,(H,28,30). The second-order valence-electron chi connectivity index (χ2n) is 7.30. The Bertz CT molecular complexity index is 1370. The van der Waals surface area contributed by atoms with Gasteiger partial charge in [0, 0.05) is 5.69 Å². The smallest absolute Gasteiger partial charge is 0.266 e. The number of carbonyl (C=O) groups is 1. The van der Waals surface area contributed by atoms with Crippen molar-refractivity contribution < 1.29 is 4.79 Å². The van der Waals surface area contributed by atoms with Crippen LogP contribution in [0.1, 0.15) is 18.1 Å². The average Bonchev–Trinajstić information content (AvgIpc) is 2.80. The van der Waals surface area contributed by atoms with E-state index in [1.54, 1.807) is 36.4 Å². The Hall–Kier alpha value is -3.09. The number of halogens is 1. The molecular weight excluding hydrogens is 442 g/mol. The molecule has 0 fully saturated rings. The molecule has 4 aromatic rings. The summed E-state index contributed by atoms with van der Waals surface area (Å²) in [6.07, 6.45) is 0.822. The predicted octanol–water partition coefficient (Wildman–Crippen LogP) is 5.64. The van der Waals surface area contributed by atoms with E-state index in [2.05, 4.69) is 17.2 Å². The third-order valence-corrected chi connectivity index (χ3v) is 6.43. The molecule has 0 spiro atoms. The first-order chi connectivity index (χ1) is 15.5. The van der Waals surface area contributed by atoms with Gasteiger partial charge in [-0.15, -0.1) is 0 Å². The minimum absolute atomic E-state index is 0.104. The fraction of sp³-hybridized carbons (Fsp3) is 0.160. The number of hydrogen-bond donors (Lipinski definition) is 1. The van der Waals surface area contributed by atoms with Crippen LogP contribution in [0, 0.1) is 6.92 Å². The SMILES string of the molecule is CCc1cccc(C)c1NC(=O)CSc1nc2ccccc2c(=O)n1-c1ccccc1Cl. The first-order valence-electron chi connectivity index (χ1n) is 10.3. The molecule has 1 N–H and O–H groups in total. The first kappa shape index (κ1) is 22.1. The highest BCUT2D eigenvalue weighted by Gasteiger charge is 2.17. The van der Waals surface area contributed by atoms with Crippen molar-refractivity contribution >= 4 is 45.9 Å². The van der Waals surface area contributed by atoms with Crippen LogP contribution in [0.15, 0.2) is 76.7 Å². The van der Waals surface area contributed by atoms with Gasteiger partial charge < -0.3 is 5.32 Å². The minimum Gasteiger partial charge on any atom is -0.325 e. The molecule has 5 nitrogen and oxygen atoms in total. The number of nitrogens with one attached hydrogen (secondary N) is 1. The highest BCUT2D eigenvalue weighted by atomic mass is 35.5. The number of rotatable bonds is 6. The molecule has 0 aliphatic heterocycles. The summed E-state index contributed by atoms with van der Waals surface area (Å²) >= 11 is 7.61. The Kier molecular flexibility index (Phi) is 6.63. The van der Waals surface area contributed by atoms with Crippen molar-refractivity contribution in [1.29, 1.82) is 0 Å². The molecule has 0 saturated carbocycles. The fourth-order valence-electron chi connectivity index (χ4n) is 3.56. The van der Waals surface area contributed by atoms with Crippen LogP contribution in [0.2, 0.25) is 5.02 Å². The lowest BCUT2D eigenvalue weighted by molar-refractivity contribution is -0.113. The number of benzene rings is 3. The Morgan fingerprint density at radius 2 is 1.81 bits per heavy atom. The summed E-state index contributed by atoms with van der Waals surface area (Å²) in [6.45, 7) is 4.03. The molecule has 1 heterocycles. The number of aryl methyl sites for hydroxylation is 2. The Morgan fingerprint density at radius 3 is 2.59 bits per heavy atom. The zero-order valence-electron chi connectivity index (χ0n) is 17.8. The number of anilines is 1. The van der Waals surface area contributed by atoms with Crippen molar-refractivity contribution in [2.45, 2.75) is 25.4 Å². The van der Waals surface area contributed by atoms with Crippen LogP contribution in [-0.2, 0) is 11.2 Å². The van der Waals surface area contributed by atoms with Gasteiger partial charge in [-0.25, -0.2) is 4.98 Å². The third-order valence-electron chi connectivity index (χ3n) is 5.18. The first-order valence-corrected chi connectivity index (χ1v) is 11.6. The van der Waals surface area contributed by atoms with E-state index in [0.717, 1.165) is 23.2 Å². The van der Waals surface area contributed by atoms with Gasteiger partial charge in [-0.2, -0.15) is 0 Å². The maximum Gasteiger partial charge on any atom is 0.266 e.